The minimum absolute atomic E-state index is 0.271. The van der Waals surface area contributed by atoms with Gasteiger partial charge in [-0.2, -0.15) is 5.10 Å². The number of aromatic nitrogens is 4. The lowest BCUT2D eigenvalue weighted by Crippen LogP contribution is -2.29. The molecule has 140 valence electrons. The van der Waals surface area contributed by atoms with Gasteiger partial charge in [0, 0.05) is 5.56 Å². The smallest absolute Gasteiger partial charge is 0.269 e. The maximum absolute atomic E-state index is 12.3. The average molecular weight is 413 g/mol. The number of anilines is 1. The van der Waals surface area contributed by atoms with Gasteiger partial charge in [-0.25, -0.2) is 14.6 Å². The maximum Gasteiger partial charge on any atom is 0.269 e. The predicted molar refractivity (Wildman–Crippen MR) is 109 cm³/mol. The molecule has 0 unspecified atom stereocenters. The van der Waals surface area contributed by atoms with Crippen LogP contribution in [0.15, 0.2) is 55.0 Å². The molecular formula is C19H14Cl2N6O. The monoisotopic (exact) mass is 412 g/mol. The Hall–Kier alpha value is -3.16. The van der Waals surface area contributed by atoms with E-state index in [0.717, 1.165) is 5.56 Å². The molecule has 2 aromatic carbocycles. The van der Waals surface area contributed by atoms with Crippen LogP contribution in [0.1, 0.15) is 15.9 Å². The number of hydrogen-bond acceptors (Lipinski definition) is 5. The highest BCUT2D eigenvalue weighted by Crippen LogP contribution is 2.27. The van der Waals surface area contributed by atoms with E-state index in [2.05, 4.69) is 25.9 Å². The topological polar surface area (TPSA) is 84.7 Å². The Bertz CT molecular complexity index is 1190. The second-order valence-corrected chi connectivity index (χ2v) is 6.88. The number of nitrogens with one attached hydrogen (secondary N) is 2. The van der Waals surface area contributed by atoms with Crippen molar-refractivity contribution in [1.29, 1.82) is 0 Å². The highest BCUT2D eigenvalue weighted by molar-refractivity contribution is 6.42. The van der Waals surface area contributed by atoms with E-state index in [9.17, 15) is 4.79 Å². The van der Waals surface area contributed by atoms with Gasteiger partial charge in [-0.3, -0.25) is 15.6 Å². The van der Waals surface area contributed by atoms with Crippen LogP contribution in [0.5, 0.6) is 0 Å². The highest BCUT2D eigenvalue weighted by Gasteiger charge is 2.13. The number of carbonyl (C=O) groups is 1. The normalized spacial score (nSPS) is 10.8. The molecule has 0 atom stereocenters. The molecule has 4 rings (SSSR count). The summed E-state index contributed by atoms with van der Waals surface area (Å²) in [7, 11) is 0. The molecule has 7 nitrogen and oxygen atoms in total. The van der Waals surface area contributed by atoms with Crippen LogP contribution < -0.4 is 10.9 Å². The third-order valence-electron chi connectivity index (χ3n) is 4.09. The van der Waals surface area contributed by atoms with Gasteiger partial charge in [0.1, 0.15) is 6.33 Å². The van der Waals surface area contributed by atoms with Gasteiger partial charge in [0.25, 0.3) is 5.91 Å². The Morgan fingerprint density at radius 2 is 1.93 bits per heavy atom. The fraction of sp³-hybridized carbons (Fsp3) is 0.0526. The predicted octanol–water partition coefficient (Wildman–Crippen LogP) is 4.19. The largest absolute Gasteiger partial charge is 0.281 e. The zero-order valence-corrected chi connectivity index (χ0v) is 16.2. The zero-order chi connectivity index (χ0) is 19.7. The summed E-state index contributed by atoms with van der Waals surface area (Å²) in [5.74, 6) is 0.157. The van der Waals surface area contributed by atoms with Gasteiger partial charge in [-0.1, -0.05) is 40.9 Å². The lowest BCUT2D eigenvalue weighted by Gasteiger charge is -2.09. The van der Waals surface area contributed by atoms with Crippen molar-refractivity contribution in [3.8, 4) is 5.69 Å². The average Bonchev–Trinajstić information content (AvgIpc) is 3.13. The first-order valence-corrected chi connectivity index (χ1v) is 9.06. The molecule has 0 spiro atoms. The Morgan fingerprint density at radius 3 is 2.71 bits per heavy atom. The number of amides is 1. The number of hydrogen-bond donors (Lipinski definition) is 2. The summed E-state index contributed by atoms with van der Waals surface area (Å²) in [6.07, 6.45) is 3.00. The SMILES string of the molecule is Cc1cccc(C(=O)NNc2ncnc3c2cnn3-c2ccc(Cl)c(Cl)c2)c1. The van der Waals surface area contributed by atoms with Crippen molar-refractivity contribution < 1.29 is 4.79 Å². The van der Waals surface area contributed by atoms with Crippen molar-refractivity contribution in [2.45, 2.75) is 6.92 Å². The van der Waals surface area contributed by atoms with Gasteiger partial charge < -0.3 is 0 Å². The second-order valence-electron chi connectivity index (χ2n) is 6.06. The van der Waals surface area contributed by atoms with E-state index in [1.807, 2.05) is 19.1 Å². The Labute approximate surface area is 170 Å². The maximum atomic E-state index is 12.3. The number of halogens is 2. The molecule has 0 radical (unpaired) electrons. The van der Waals surface area contributed by atoms with Crippen molar-refractivity contribution in [2.75, 3.05) is 5.43 Å². The first-order chi connectivity index (χ1) is 13.5. The van der Waals surface area contributed by atoms with Crippen LogP contribution in [0.3, 0.4) is 0 Å². The van der Waals surface area contributed by atoms with Crippen LogP contribution in [0.25, 0.3) is 16.7 Å². The molecule has 28 heavy (non-hydrogen) atoms. The zero-order valence-electron chi connectivity index (χ0n) is 14.6. The number of aryl methyl sites for hydroxylation is 1. The molecule has 9 heteroatoms. The molecule has 2 aromatic heterocycles. The van der Waals surface area contributed by atoms with E-state index in [4.69, 9.17) is 23.2 Å². The van der Waals surface area contributed by atoms with E-state index < -0.39 is 0 Å². The molecular weight excluding hydrogens is 399 g/mol. The summed E-state index contributed by atoms with van der Waals surface area (Å²) < 4.78 is 1.62. The van der Waals surface area contributed by atoms with Crippen LogP contribution >= 0.6 is 23.2 Å². The summed E-state index contributed by atoms with van der Waals surface area (Å²) in [4.78, 5) is 20.8. The molecule has 0 fully saturated rings. The molecule has 0 aliphatic rings. The van der Waals surface area contributed by atoms with Gasteiger partial charge in [0.05, 0.1) is 27.3 Å². The lowest BCUT2D eigenvalue weighted by atomic mass is 10.1. The third kappa shape index (κ3) is 3.49. The van der Waals surface area contributed by atoms with Crippen LogP contribution in [0.4, 0.5) is 5.82 Å². The first kappa shape index (κ1) is 18.2. The number of rotatable bonds is 4. The molecule has 1 amide bonds. The number of hydrazine groups is 1. The quantitative estimate of drug-likeness (QED) is 0.490. The van der Waals surface area contributed by atoms with Gasteiger partial charge in [0.15, 0.2) is 11.5 Å². The molecule has 2 heterocycles. The van der Waals surface area contributed by atoms with E-state index in [-0.39, 0.29) is 5.91 Å². The van der Waals surface area contributed by atoms with Crippen LogP contribution in [-0.2, 0) is 0 Å². The lowest BCUT2D eigenvalue weighted by molar-refractivity contribution is 0.0962. The van der Waals surface area contributed by atoms with Crippen LogP contribution in [-0.4, -0.2) is 25.7 Å². The van der Waals surface area contributed by atoms with Gasteiger partial charge in [-0.05, 0) is 37.3 Å². The van der Waals surface area contributed by atoms with Crippen LogP contribution in [0.2, 0.25) is 10.0 Å². The number of fused-ring (bicyclic) bond motifs is 1. The number of benzene rings is 2. The summed E-state index contributed by atoms with van der Waals surface area (Å²) in [6.45, 7) is 1.93. The van der Waals surface area contributed by atoms with E-state index in [1.54, 1.807) is 41.2 Å². The van der Waals surface area contributed by atoms with E-state index >= 15 is 0 Å². The summed E-state index contributed by atoms with van der Waals surface area (Å²) >= 11 is 12.1. The van der Waals surface area contributed by atoms with Gasteiger partial charge >= 0.3 is 0 Å². The fourth-order valence-corrected chi connectivity index (χ4v) is 3.02. The first-order valence-electron chi connectivity index (χ1n) is 8.30. The molecule has 4 aromatic rings. The second kappa shape index (κ2) is 7.46. The van der Waals surface area contributed by atoms with Crippen molar-refractivity contribution in [2.24, 2.45) is 0 Å². The highest BCUT2D eigenvalue weighted by atomic mass is 35.5. The standard InChI is InChI=1S/C19H14Cl2N6O/c1-11-3-2-4-12(7-11)19(28)26-25-17-14-9-24-27(18(14)23-10-22-17)13-5-6-15(20)16(21)8-13/h2-10H,1H3,(H,26,28)(H,22,23,25). The molecule has 0 saturated heterocycles. The van der Waals surface area contributed by atoms with Gasteiger partial charge in [-0.15, -0.1) is 0 Å². The van der Waals surface area contributed by atoms with Crippen molar-refractivity contribution in [1.82, 2.24) is 25.2 Å². The number of nitrogens with zero attached hydrogens (tertiary/aromatic N) is 4. The third-order valence-corrected chi connectivity index (χ3v) is 4.83. The molecule has 2 N–H and O–H groups in total. The summed E-state index contributed by atoms with van der Waals surface area (Å²) in [5.41, 5.74) is 8.29. The van der Waals surface area contributed by atoms with Crippen molar-refractivity contribution >= 4 is 46.0 Å². The fourth-order valence-electron chi connectivity index (χ4n) is 2.72. The molecule has 0 bridgehead atoms. The minimum atomic E-state index is -0.271. The molecule has 0 aliphatic heterocycles. The Kier molecular flexibility index (Phi) is 4.85. The van der Waals surface area contributed by atoms with E-state index in [0.29, 0.717) is 38.1 Å². The Balaban J connectivity index is 1.61. The van der Waals surface area contributed by atoms with Crippen molar-refractivity contribution in [3.05, 3.63) is 76.2 Å². The minimum Gasteiger partial charge on any atom is -0.281 e. The summed E-state index contributed by atoms with van der Waals surface area (Å²) in [5, 5.41) is 5.86. The summed E-state index contributed by atoms with van der Waals surface area (Å²) in [6, 6.07) is 12.5. The molecule has 0 saturated carbocycles. The van der Waals surface area contributed by atoms with Gasteiger partial charge in [0.2, 0.25) is 0 Å². The van der Waals surface area contributed by atoms with E-state index in [1.165, 1.54) is 6.33 Å². The van der Waals surface area contributed by atoms with Crippen molar-refractivity contribution in [3.63, 3.8) is 0 Å². The number of carbonyl (C=O) groups excluding carboxylic acids is 1. The molecule has 0 aliphatic carbocycles. The van der Waals surface area contributed by atoms with Crippen LogP contribution in [0, 0.1) is 6.92 Å². The Morgan fingerprint density at radius 1 is 1.07 bits per heavy atom.